The minimum atomic E-state index is 0.239. The van der Waals surface area contributed by atoms with Crippen LogP contribution in [0.15, 0.2) is 41.1 Å². The number of para-hydroxylation sites is 1. The van der Waals surface area contributed by atoms with Crippen molar-refractivity contribution in [2.45, 2.75) is 0 Å². The van der Waals surface area contributed by atoms with Gasteiger partial charge in [0.2, 0.25) is 5.95 Å². The highest BCUT2D eigenvalue weighted by Gasteiger charge is 2.09. The van der Waals surface area contributed by atoms with E-state index in [-0.39, 0.29) is 5.95 Å². The van der Waals surface area contributed by atoms with Gasteiger partial charge in [-0.15, -0.1) is 0 Å². The van der Waals surface area contributed by atoms with Gasteiger partial charge in [0.25, 0.3) is 0 Å². The van der Waals surface area contributed by atoms with E-state index in [0.717, 1.165) is 10.9 Å². The van der Waals surface area contributed by atoms with E-state index in [4.69, 9.17) is 21.8 Å². The summed E-state index contributed by atoms with van der Waals surface area (Å²) in [5.41, 5.74) is 6.87. The number of benzene rings is 1. The fraction of sp³-hybridized carbons (Fsp3) is 0. The zero-order chi connectivity index (χ0) is 11.8. The zero-order valence-corrected chi connectivity index (χ0v) is 9.48. The Hall–Kier alpha value is -2.07. The van der Waals surface area contributed by atoms with Crippen molar-refractivity contribution in [1.82, 2.24) is 9.97 Å². The number of aromatic nitrogens is 2. The van der Waals surface area contributed by atoms with Crippen molar-refractivity contribution >= 4 is 28.5 Å². The predicted octanol–water partition coefficient (Wildman–Crippen LogP) is 3.13. The molecular formula is C12H8ClN3O. The zero-order valence-electron chi connectivity index (χ0n) is 8.72. The molecule has 2 heterocycles. The van der Waals surface area contributed by atoms with Crippen molar-refractivity contribution in [1.29, 1.82) is 0 Å². The van der Waals surface area contributed by atoms with Gasteiger partial charge >= 0.3 is 0 Å². The van der Waals surface area contributed by atoms with Gasteiger partial charge in [-0.2, -0.15) is 0 Å². The van der Waals surface area contributed by atoms with Crippen molar-refractivity contribution in [2.24, 2.45) is 0 Å². The van der Waals surface area contributed by atoms with Crippen molar-refractivity contribution in [3.63, 3.8) is 0 Å². The smallest absolute Gasteiger partial charge is 0.219 e. The number of nitrogens with zero attached hydrogens (tertiary/aromatic N) is 2. The lowest BCUT2D eigenvalue weighted by atomic mass is 10.2. The maximum atomic E-state index is 6.04. The third-order valence-electron chi connectivity index (χ3n) is 2.45. The highest BCUT2D eigenvalue weighted by atomic mass is 35.5. The summed E-state index contributed by atoms with van der Waals surface area (Å²) in [4.78, 5) is 7.84. The molecule has 17 heavy (non-hydrogen) atoms. The normalized spacial score (nSPS) is 10.9. The summed E-state index contributed by atoms with van der Waals surface area (Å²) in [6.45, 7) is 0. The lowest BCUT2D eigenvalue weighted by Gasteiger charge is -1.95. The number of hydrogen-bond donors (Lipinski definition) is 1. The Kier molecular flexibility index (Phi) is 2.23. The van der Waals surface area contributed by atoms with Crippen molar-refractivity contribution in [3.05, 3.63) is 41.7 Å². The Balaban J connectivity index is 2.18. The number of hydrogen-bond acceptors (Lipinski definition) is 4. The Morgan fingerprint density at radius 1 is 1.18 bits per heavy atom. The van der Waals surface area contributed by atoms with Gasteiger partial charge in [0.1, 0.15) is 5.76 Å². The summed E-state index contributed by atoms with van der Waals surface area (Å²) in [5, 5.41) is 1.54. The van der Waals surface area contributed by atoms with Crippen LogP contribution in [0.3, 0.4) is 0 Å². The quantitative estimate of drug-likeness (QED) is 0.715. The molecule has 0 aliphatic rings. The van der Waals surface area contributed by atoms with Crippen LogP contribution in [0.4, 0.5) is 5.95 Å². The standard InChI is InChI=1S/C12H8ClN3O/c13-9-3-1-2-7-4-10(17-11(7)9)8-5-15-12(14)16-6-8/h1-6H,(H2,14,15,16). The van der Waals surface area contributed by atoms with Gasteiger partial charge < -0.3 is 10.2 Å². The number of fused-ring (bicyclic) bond motifs is 1. The maximum absolute atomic E-state index is 6.04. The van der Waals surface area contributed by atoms with Crippen molar-refractivity contribution in [2.75, 3.05) is 5.73 Å². The molecule has 4 nitrogen and oxygen atoms in total. The predicted molar refractivity (Wildman–Crippen MR) is 66.7 cm³/mol. The molecule has 3 aromatic rings. The number of anilines is 1. The van der Waals surface area contributed by atoms with Gasteiger partial charge in [0.15, 0.2) is 5.58 Å². The molecule has 0 saturated carbocycles. The number of furan rings is 1. The first-order valence-electron chi connectivity index (χ1n) is 5.00. The van der Waals surface area contributed by atoms with Gasteiger partial charge in [-0.3, -0.25) is 0 Å². The van der Waals surface area contributed by atoms with Crippen LogP contribution in [0.5, 0.6) is 0 Å². The fourth-order valence-electron chi connectivity index (χ4n) is 1.64. The average Bonchev–Trinajstić information content (AvgIpc) is 2.75. The molecule has 0 aliphatic heterocycles. The van der Waals surface area contributed by atoms with E-state index in [1.807, 2.05) is 18.2 Å². The van der Waals surface area contributed by atoms with Crippen LogP contribution >= 0.6 is 11.6 Å². The molecule has 0 spiro atoms. The summed E-state index contributed by atoms with van der Waals surface area (Å²) >= 11 is 6.04. The third kappa shape index (κ3) is 1.72. The molecule has 2 N–H and O–H groups in total. The molecule has 2 aromatic heterocycles. The van der Waals surface area contributed by atoms with Crippen LogP contribution in [0.1, 0.15) is 0 Å². The Morgan fingerprint density at radius 3 is 2.65 bits per heavy atom. The molecule has 0 radical (unpaired) electrons. The summed E-state index contributed by atoms with van der Waals surface area (Å²) in [6, 6.07) is 7.50. The van der Waals surface area contributed by atoms with Gasteiger partial charge in [-0.1, -0.05) is 23.7 Å². The first-order valence-corrected chi connectivity index (χ1v) is 5.38. The minimum absolute atomic E-state index is 0.239. The summed E-state index contributed by atoms with van der Waals surface area (Å²) < 4.78 is 5.67. The molecule has 0 unspecified atom stereocenters. The summed E-state index contributed by atoms with van der Waals surface area (Å²) in [6.07, 6.45) is 3.24. The molecule has 0 aliphatic carbocycles. The maximum Gasteiger partial charge on any atom is 0.219 e. The van der Waals surface area contributed by atoms with Crippen molar-refractivity contribution in [3.8, 4) is 11.3 Å². The lowest BCUT2D eigenvalue weighted by molar-refractivity contribution is 0.631. The SMILES string of the molecule is Nc1ncc(-c2cc3cccc(Cl)c3o2)cn1. The Morgan fingerprint density at radius 2 is 1.94 bits per heavy atom. The van der Waals surface area contributed by atoms with Crippen LogP contribution in [0, 0.1) is 0 Å². The second-order valence-corrected chi connectivity index (χ2v) is 4.01. The molecule has 0 fully saturated rings. The van der Waals surface area contributed by atoms with E-state index in [2.05, 4.69) is 9.97 Å². The topological polar surface area (TPSA) is 64.9 Å². The Bertz CT molecular complexity index is 676. The first-order chi connectivity index (χ1) is 8.24. The number of rotatable bonds is 1. The molecule has 84 valence electrons. The van der Waals surface area contributed by atoms with Gasteiger partial charge in [-0.25, -0.2) is 9.97 Å². The fourth-order valence-corrected chi connectivity index (χ4v) is 1.86. The molecule has 5 heteroatoms. The molecule has 0 saturated heterocycles. The van der Waals surface area contributed by atoms with Gasteiger partial charge in [0, 0.05) is 17.8 Å². The molecule has 0 amide bonds. The summed E-state index contributed by atoms with van der Waals surface area (Å²) in [7, 11) is 0. The Labute approximate surface area is 102 Å². The minimum Gasteiger partial charge on any atom is -0.454 e. The van der Waals surface area contributed by atoms with E-state index in [0.29, 0.717) is 16.4 Å². The summed E-state index contributed by atoms with van der Waals surface area (Å²) in [5.74, 6) is 0.913. The van der Waals surface area contributed by atoms with E-state index in [1.165, 1.54) is 0 Å². The molecule has 0 atom stereocenters. The largest absolute Gasteiger partial charge is 0.454 e. The van der Waals surface area contributed by atoms with Gasteiger partial charge in [-0.05, 0) is 12.1 Å². The van der Waals surface area contributed by atoms with E-state index in [9.17, 15) is 0 Å². The van der Waals surface area contributed by atoms with Crippen LogP contribution in [-0.2, 0) is 0 Å². The number of nitrogens with two attached hydrogens (primary N) is 1. The molecule has 0 bridgehead atoms. The monoisotopic (exact) mass is 245 g/mol. The highest BCUT2D eigenvalue weighted by Crippen LogP contribution is 2.31. The average molecular weight is 246 g/mol. The number of halogens is 1. The van der Waals surface area contributed by atoms with Crippen LogP contribution in [0.25, 0.3) is 22.3 Å². The second-order valence-electron chi connectivity index (χ2n) is 3.60. The molecular weight excluding hydrogens is 238 g/mol. The van der Waals surface area contributed by atoms with Crippen molar-refractivity contribution < 1.29 is 4.42 Å². The van der Waals surface area contributed by atoms with Crippen LogP contribution in [0.2, 0.25) is 5.02 Å². The molecule has 3 rings (SSSR count). The van der Waals surface area contributed by atoms with E-state index < -0.39 is 0 Å². The highest BCUT2D eigenvalue weighted by molar-refractivity contribution is 6.34. The first kappa shape index (κ1) is 10.1. The number of nitrogen functional groups attached to an aromatic ring is 1. The lowest BCUT2D eigenvalue weighted by Crippen LogP contribution is -1.92. The van der Waals surface area contributed by atoms with E-state index >= 15 is 0 Å². The van der Waals surface area contributed by atoms with Gasteiger partial charge in [0.05, 0.1) is 10.6 Å². The van der Waals surface area contributed by atoms with E-state index in [1.54, 1.807) is 18.5 Å². The third-order valence-corrected chi connectivity index (χ3v) is 2.75. The second kappa shape index (κ2) is 3.75. The van der Waals surface area contributed by atoms with Crippen LogP contribution in [-0.4, -0.2) is 9.97 Å². The molecule has 1 aromatic carbocycles. The van der Waals surface area contributed by atoms with Crippen LogP contribution < -0.4 is 5.73 Å².